The van der Waals surface area contributed by atoms with Gasteiger partial charge in [0.1, 0.15) is 0 Å². The van der Waals surface area contributed by atoms with E-state index in [1.807, 2.05) is 36.4 Å². The predicted molar refractivity (Wildman–Crippen MR) is 98.1 cm³/mol. The van der Waals surface area contributed by atoms with E-state index in [1.54, 1.807) is 26.5 Å². The molecule has 0 heterocycles. The van der Waals surface area contributed by atoms with Gasteiger partial charge in [-0.2, -0.15) is 5.10 Å². The third-order valence-corrected chi connectivity index (χ3v) is 3.87. The first-order valence-electron chi connectivity index (χ1n) is 6.91. The zero-order valence-corrected chi connectivity index (χ0v) is 15.0. The summed E-state index contributed by atoms with van der Waals surface area (Å²) < 4.78 is 11.5. The maximum Gasteiger partial charge on any atom is 0.244 e. The highest BCUT2D eigenvalue weighted by atomic mass is 127. The highest BCUT2D eigenvalue weighted by molar-refractivity contribution is 14.1. The predicted octanol–water partition coefficient (Wildman–Crippen LogP) is 3.00. The summed E-state index contributed by atoms with van der Waals surface area (Å²) in [7, 11) is 3.17. The van der Waals surface area contributed by atoms with Crippen LogP contribution in [0, 0.1) is 3.57 Å². The molecule has 0 saturated carbocycles. The molecule has 0 atom stereocenters. The van der Waals surface area contributed by atoms with Crippen molar-refractivity contribution in [2.24, 2.45) is 5.10 Å². The summed E-state index contributed by atoms with van der Waals surface area (Å²) >= 11 is 2.16. The van der Waals surface area contributed by atoms with Gasteiger partial charge in [-0.05, 0) is 45.9 Å². The quantitative estimate of drug-likeness (QED) is 0.441. The number of hydrogen-bond acceptors (Lipinski definition) is 4. The van der Waals surface area contributed by atoms with Gasteiger partial charge in [-0.25, -0.2) is 5.43 Å². The van der Waals surface area contributed by atoms with Gasteiger partial charge in [-0.3, -0.25) is 4.79 Å². The number of halogens is 1. The number of carbonyl (C=O) groups excluding carboxylic acids is 1. The molecule has 23 heavy (non-hydrogen) atoms. The summed E-state index contributed by atoms with van der Waals surface area (Å²) in [6.45, 7) is 0. The molecule has 6 heteroatoms. The Balaban J connectivity index is 2.00. The maximum absolute atomic E-state index is 11.8. The molecule has 0 aliphatic carbocycles. The van der Waals surface area contributed by atoms with Crippen molar-refractivity contribution in [2.45, 2.75) is 6.42 Å². The molecule has 0 aromatic heterocycles. The first kappa shape index (κ1) is 17.3. The van der Waals surface area contributed by atoms with E-state index in [0.29, 0.717) is 17.9 Å². The van der Waals surface area contributed by atoms with Crippen LogP contribution in [0.2, 0.25) is 0 Å². The highest BCUT2D eigenvalue weighted by Crippen LogP contribution is 2.32. The second kappa shape index (κ2) is 8.52. The number of carbonyl (C=O) groups is 1. The van der Waals surface area contributed by atoms with Crippen molar-refractivity contribution >= 4 is 34.7 Å². The Hall–Kier alpha value is -2.09. The minimum absolute atomic E-state index is 0.164. The average molecular weight is 424 g/mol. The normalized spacial score (nSPS) is 10.6. The molecule has 0 aliphatic rings. The van der Waals surface area contributed by atoms with Crippen LogP contribution in [0.15, 0.2) is 47.6 Å². The minimum atomic E-state index is -0.164. The molecule has 0 fully saturated rings. The van der Waals surface area contributed by atoms with Crippen LogP contribution in [0.3, 0.4) is 0 Å². The second-order valence-corrected chi connectivity index (χ2v) is 5.86. The van der Waals surface area contributed by atoms with Gasteiger partial charge < -0.3 is 9.47 Å². The van der Waals surface area contributed by atoms with Crippen molar-refractivity contribution in [1.82, 2.24) is 5.43 Å². The molecule has 0 unspecified atom stereocenters. The standard InChI is InChI=1S/C17H17IN2O3/c1-22-15-9-13(8-14(18)17(15)23-2)11-19-20-16(21)10-12-6-4-3-5-7-12/h3-9,11H,10H2,1-2H3,(H,20,21). The van der Waals surface area contributed by atoms with E-state index in [-0.39, 0.29) is 5.91 Å². The lowest BCUT2D eigenvalue weighted by molar-refractivity contribution is -0.120. The number of amides is 1. The van der Waals surface area contributed by atoms with Crippen LogP contribution in [-0.4, -0.2) is 26.3 Å². The molecule has 0 radical (unpaired) electrons. The second-order valence-electron chi connectivity index (χ2n) is 4.69. The number of hydrogen-bond donors (Lipinski definition) is 1. The molecule has 0 spiro atoms. The molecule has 5 nitrogen and oxygen atoms in total. The number of benzene rings is 2. The molecule has 1 N–H and O–H groups in total. The van der Waals surface area contributed by atoms with E-state index in [9.17, 15) is 4.79 Å². The first-order valence-corrected chi connectivity index (χ1v) is 7.99. The largest absolute Gasteiger partial charge is 0.493 e. The first-order chi connectivity index (χ1) is 11.1. The summed E-state index contributed by atoms with van der Waals surface area (Å²) in [6, 6.07) is 13.2. The Morgan fingerprint density at radius 1 is 1.22 bits per heavy atom. The SMILES string of the molecule is COc1cc(C=NNC(=O)Cc2ccccc2)cc(I)c1OC. The molecule has 0 saturated heterocycles. The summed E-state index contributed by atoms with van der Waals surface area (Å²) in [6.07, 6.45) is 1.87. The van der Waals surface area contributed by atoms with E-state index in [1.165, 1.54) is 0 Å². The van der Waals surface area contributed by atoms with Gasteiger partial charge in [0.2, 0.25) is 5.91 Å². The monoisotopic (exact) mass is 424 g/mol. The van der Waals surface area contributed by atoms with Crippen LogP contribution in [0.5, 0.6) is 11.5 Å². The lowest BCUT2D eigenvalue weighted by Gasteiger charge is -2.10. The molecular weight excluding hydrogens is 407 g/mol. The molecular formula is C17H17IN2O3. The van der Waals surface area contributed by atoms with Crippen LogP contribution in [0.25, 0.3) is 0 Å². The lowest BCUT2D eigenvalue weighted by Crippen LogP contribution is -2.19. The average Bonchev–Trinajstić information content (AvgIpc) is 2.55. The molecule has 2 aromatic rings. The zero-order chi connectivity index (χ0) is 16.7. The van der Waals surface area contributed by atoms with E-state index < -0.39 is 0 Å². The Labute approximate surface area is 148 Å². The van der Waals surface area contributed by atoms with Gasteiger partial charge in [0, 0.05) is 0 Å². The van der Waals surface area contributed by atoms with Gasteiger partial charge in [0.05, 0.1) is 30.4 Å². The van der Waals surface area contributed by atoms with Crippen LogP contribution in [-0.2, 0) is 11.2 Å². The number of rotatable bonds is 6. The van der Waals surface area contributed by atoms with Gasteiger partial charge in [0.15, 0.2) is 11.5 Å². The fraction of sp³-hybridized carbons (Fsp3) is 0.176. The van der Waals surface area contributed by atoms with Crippen LogP contribution >= 0.6 is 22.6 Å². The smallest absolute Gasteiger partial charge is 0.244 e. The summed E-state index contributed by atoms with van der Waals surface area (Å²) in [4.78, 5) is 11.8. The summed E-state index contributed by atoms with van der Waals surface area (Å²) in [5.74, 6) is 1.14. The van der Waals surface area contributed by atoms with E-state index >= 15 is 0 Å². The molecule has 1 amide bonds. The van der Waals surface area contributed by atoms with Crippen molar-refractivity contribution in [2.75, 3.05) is 14.2 Å². The van der Waals surface area contributed by atoms with Crippen LogP contribution in [0.1, 0.15) is 11.1 Å². The number of nitrogens with one attached hydrogen (secondary N) is 1. The molecule has 2 aromatic carbocycles. The van der Waals surface area contributed by atoms with E-state index in [0.717, 1.165) is 14.7 Å². The Kier molecular flexibility index (Phi) is 6.40. The third kappa shape index (κ3) is 4.95. The Morgan fingerprint density at radius 3 is 2.61 bits per heavy atom. The van der Waals surface area contributed by atoms with Gasteiger partial charge >= 0.3 is 0 Å². The number of ether oxygens (including phenoxy) is 2. The number of nitrogens with zero attached hydrogens (tertiary/aromatic N) is 1. The summed E-state index contributed by atoms with van der Waals surface area (Å²) in [5, 5.41) is 3.99. The van der Waals surface area contributed by atoms with E-state index in [4.69, 9.17) is 9.47 Å². The minimum Gasteiger partial charge on any atom is -0.493 e. The number of hydrazone groups is 1. The van der Waals surface area contributed by atoms with Gasteiger partial charge in [0.25, 0.3) is 0 Å². The lowest BCUT2D eigenvalue weighted by atomic mass is 10.1. The van der Waals surface area contributed by atoms with Crippen molar-refractivity contribution in [3.8, 4) is 11.5 Å². The molecule has 120 valence electrons. The van der Waals surface area contributed by atoms with E-state index in [2.05, 4.69) is 33.1 Å². The van der Waals surface area contributed by atoms with Crippen molar-refractivity contribution in [3.05, 3.63) is 57.2 Å². The van der Waals surface area contributed by atoms with Crippen LogP contribution < -0.4 is 14.9 Å². The van der Waals surface area contributed by atoms with Crippen molar-refractivity contribution < 1.29 is 14.3 Å². The molecule has 0 aliphatic heterocycles. The van der Waals surface area contributed by atoms with Crippen molar-refractivity contribution in [3.63, 3.8) is 0 Å². The topological polar surface area (TPSA) is 59.9 Å². The fourth-order valence-corrected chi connectivity index (χ4v) is 2.86. The van der Waals surface area contributed by atoms with Gasteiger partial charge in [-0.15, -0.1) is 0 Å². The van der Waals surface area contributed by atoms with Gasteiger partial charge in [-0.1, -0.05) is 30.3 Å². The summed E-state index contributed by atoms with van der Waals surface area (Å²) in [5.41, 5.74) is 4.28. The van der Waals surface area contributed by atoms with Crippen molar-refractivity contribution in [1.29, 1.82) is 0 Å². The maximum atomic E-state index is 11.8. The molecule has 0 bridgehead atoms. The highest BCUT2D eigenvalue weighted by Gasteiger charge is 2.09. The molecule has 2 rings (SSSR count). The Morgan fingerprint density at radius 2 is 1.96 bits per heavy atom. The fourth-order valence-electron chi connectivity index (χ4n) is 2.01. The third-order valence-electron chi connectivity index (χ3n) is 3.07. The number of methoxy groups -OCH3 is 2. The Bertz CT molecular complexity index is 702. The van der Waals surface area contributed by atoms with Crippen LogP contribution in [0.4, 0.5) is 0 Å². The zero-order valence-electron chi connectivity index (χ0n) is 12.9.